The van der Waals surface area contributed by atoms with Gasteiger partial charge in [-0.3, -0.25) is 0 Å². The van der Waals surface area contributed by atoms with Crippen LogP contribution in [0.25, 0.3) is 0 Å². The van der Waals surface area contributed by atoms with E-state index in [4.69, 9.17) is 5.11 Å². The van der Waals surface area contributed by atoms with Crippen LogP contribution in [0.2, 0.25) is 0 Å². The second kappa shape index (κ2) is 8.22. The van der Waals surface area contributed by atoms with E-state index in [0.717, 1.165) is 24.9 Å². The Morgan fingerprint density at radius 1 is 1.33 bits per heavy atom. The first-order chi connectivity index (χ1) is 8.61. The molecule has 2 nitrogen and oxygen atoms in total. The van der Waals surface area contributed by atoms with Crippen LogP contribution in [0, 0.1) is 17.7 Å². The molecule has 3 heteroatoms. The minimum Gasteiger partial charge on any atom is -0.396 e. The van der Waals surface area contributed by atoms with Crippen molar-refractivity contribution >= 4 is 0 Å². The summed E-state index contributed by atoms with van der Waals surface area (Å²) in [5, 5.41) is 12.4. The normalized spacial score (nSPS) is 12.9. The van der Waals surface area contributed by atoms with Gasteiger partial charge in [0, 0.05) is 13.2 Å². The van der Waals surface area contributed by atoms with Crippen LogP contribution in [0.5, 0.6) is 0 Å². The molecule has 0 heterocycles. The van der Waals surface area contributed by atoms with Crippen LogP contribution < -0.4 is 5.32 Å². The monoisotopic (exact) mass is 253 g/mol. The van der Waals surface area contributed by atoms with Crippen molar-refractivity contribution in [2.75, 3.05) is 13.2 Å². The first-order valence-corrected chi connectivity index (χ1v) is 6.67. The summed E-state index contributed by atoms with van der Waals surface area (Å²) in [7, 11) is 0. The number of hydrogen-bond acceptors (Lipinski definition) is 2. The van der Waals surface area contributed by atoms with Gasteiger partial charge in [-0.15, -0.1) is 0 Å². The van der Waals surface area contributed by atoms with Gasteiger partial charge in [0.15, 0.2) is 0 Å². The molecule has 0 amide bonds. The highest BCUT2D eigenvalue weighted by atomic mass is 19.1. The average Bonchev–Trinajstić information content (AvgIpc) is 2.28. The van der Waals surface area contributed by atoms with Gasteiger partial charge in [0.05, 0.1) is 0 Å². The van der Waals surface area contributed by atoms with Crippen molar-refractivity contribution in [2.45, 2.75) is 33.2 Å². The van der Waals surface area contributed by atoms with Crippen molar-refractivity contribution < 1.29 is 9.50 Å². The van der Waals surface area contributed by atoms with Gasteiger partial charge in [0.2, 0.25) is 0 Å². The fourth-order valence-electron chi connectivity index (χ4n) is 2.22. The highest BCUT2D eigenvalue weighted by Crippen LogP contribution is 2.14. The third-order valence-corrected chi connectivity index (χ3v) is 2.99. The smallest absolute Gasteiger partial charge is 0.123 e. The number of hydrogen-bond donors (Lipinski definition) is 2. The Morgan fingerprint density at radius 3 is 2.72 bits per heavy atom. The van der Waals surface area contributed by atoms with Crippen molar-refractivity contribution in [3.05, 3.63) is 35.6 Å². The van der Waals surface area contributed by atoms with E-state index < -0.39 is 0 Å². The summed E-state index contributed by atoms with van der Waals surface area (Å²) in [6.07, 6.45) is 1.94. The molecule has 0 aliphatic rings. The SMILES string of the molecule is CC(C)CC(CCO)CNCc1cccc(F)c1. The quantitative estimate of drug-likeness (QED) is 0.746. The summed E-state index contributed by atoms with van der Waals surface area (Å²) in [5.41, 5.74) is 0.960. The molecule has 0 fully saturated rings. The van der Waals surface area contributed by atoms with Crippen LogP contribution in [0.1, 0.15) is 32.3 Å². The first kappa shape index (κ1) is 15.1. The molecular formula is C15H24FNO. The zero-order valence-electron chi connectivity index (χ0n) is 11.3. The lowest BCUT2D eigenvalue weighted by atomic mass is 9.94. The lowest BCUT2D eigenvalue weighted by Gasteiger charge is -2.18. The van der Waals surface area contributed by atoms with Crippen LogP contribution in [0.4, 0.5) is 4.39 Å². The average molecular weight is 253 g/mol. The second-order valence-electron chi connectivity index (χ2n) is 5.27. The molecule has 0 saturated carbocycles. The van der Waals surface area contributed by atoms with Crippen LogP contribution in [0.15, 0.2) is 24.3 Å². The lowest BCUT2D eigenvalue weighted by molar-refractivity contribution is 0.239. The van der Waals surface area contributed by atoms with Crippen molar-refractivity contribution in [2.24, 2.45) is 11.8 Å². The summed E-state index contributed by atoms with van der Waals surface area (Å²) in [6.45, 7) is 6.17. The maximum absolute atomic E-state index is 13.0. The molecule has 1 atom stereocenters. The minimum absolute atomic E-state index is 0.191. The molecule has 18 heavy (non-hydrogen) atoms. The molecule has 0 radical (unpaired) electrons. The highest BCUT2D eigenvalue weighted by molar-refractivity contribution is 5.15. The summed E-state index contributed by atoms with van der Waals surface area (Å²) in [5.74, 6) is 0.935. The lowest BCUT2D eigenvalue weighted by Crippen LogP contribution is -2.24. The van der Waals surface area contributed by atoms with Crippen molar-refractivity contribution in [3.8, 4) is 0 Å². The predicted molar refractivity (Wildman–Crippen MR) is 72.8 cm³/mol. The number of halogens is 1. The largest absolute Gasteiger partial charge is 0.396 e. The number of aliphatic hydroxyl groups excluding tert-OH is 1. The summed E-state index contributed by atoms with van der Waals surface area (Å²) >= 11 is 0. The Morgan fingerprint density at radius 2 is 2.11 bits per heavy atom. The number of rotatable bonds is 8. The van der Waals surface area contributed by atoms with E-state index in [9.17, 15) is 4.39 Å². The van der Waals surface area contributed by atoms with Gasteiger partial charge in [-0.05, 0) is 48.9 Å². The zero-order chi connectivity index (χ0) is 13.4. The minimum atomic E-state index is -0.191. The van der Waals surface area contributed by atoms with E-state index in [-0.39, 0.29) is 12.4 Å². The molecule has 0 aromatic heterocycles. The van der Waals surface area contributed by atoms with E-state index in [2.05, 4.69) is 19.2 Å². The molecule has 0 spiro atoms. The maximum Gasteiger partial charge on any atom is 0.123 e. The molecule has 0 aliphatic heterocycles. The molecule has 1 aromatic carbocycles. The van der Waals surface area contributed by atoms with E-state index in [1.165, 1.54) is 6.07 Å². The van der Waals surface area contributed by atoms with E-state index >= 15 is 0 Å². The molecule has 0 aliphatic carbocycles. The Bertz CT molecular complexity index is 341. The Hall–Kier alpha value is -0.930. The number of aliphatic hydroxyl groups is 1. The zero-order valence-corrected chi connectivity index (χ0v) is 11.3. The molecule has 0 saturated heterocycles. The molecular weight excluding hydrogens is 229 g/mol. The number of benzene rings is 1. The van der Waals surface area contributed by atoms with Crippen LogP contribution in [-0.2, 0) is 6.54 Å². The maximum atomic E-state index is 13.0. The van der Waals surface area contributed by atoms with Gasteiger partial charge in [0.1, 0.15) is 5.82 Å². The van der Waals surface area contributed by atoms with Gasteiger partial charge < -0.3 is 10.4 Å². The van der Waals surface area contributed by atoms with Crippen molar-refractivity contribution in [3.63, 3.8) is 0 Å². The number of nitrogens with one attached hydrogen (secondary N) is 1. The molecule has 102 valence electrons. The summed E-state index contributed by atoms with van der Waals surface area (Å²) in [6, 6.07) is 6.65. The van der Waals surface area contributed by atoms with Crippen LogP contribution in [-0.4, -0.2) is 18.3 Å². The van der Waals surface area contributed by atoms with Gasteiger partial charge >= 0.3 is 0 Å². The van der Waals surface area contributed by atoms with Gasteiger partial charge in [-0.1, -0.05) is 26.0 Å². The highest BCUT2D eigenvalue weighted by Gasteiger charge is 2.10. The van der Waals surface area contributed by atoms with Gasteiger partial charge in [-0.25, -0.2) is 4.39 Å². The van der Waals surface area contributed by atoms with E-state index in [0.29, 0.717) is 18.4 Å². The van der Waals surface area contributed by atoms with Gasteiger partial charge in [-0.2, -0.15) is 0 Å². The van der Waals surface area contributed by atoms with Crippen LogP contribution >= 0.6 is 0 Å². The van der Waals surface area contributed by atoms with E-state index in [1.807, 2.05) is 6.07 Å². The second-order valence-corrected chi connectivity index (χ2v) is 5.27. The molecule has 1 aromatic rings. The van der Waals surface area contributed by atoms with Crippen LogP contribution in [0.3, 0.4) is 0 Å². The standard InChI is InChI=1S/C15H24FNO/c1-12(2)8-14(6-7-18)11-17-10-13-4-3-5-15(16)9-13/h3-5,9,12,14,17-18H,6-8,10-11H2,1-2H3. The topological polar surface area (TPSA) is 32.3 Å². The Labute approximate surface area is 109 Å². The predicted octanol–water partition coefficient (Wildman–Crippen LogP) is 2.96. The van der Waals surface area contributed by atoms with Crippen molar-refractivity contribution in [1.82, 2.24) is 5.32 Å². The molecule has 1 unspecified atom stereocenters. The fourth-order valence-corrected chi connectivity index (χ4v) is 2.22. The summed E-state index contributed by atoms with van der Waals surface area (Å²) < 4.78 is 13.0. The third kappa shape index (κ3) is 6.12. The summed E-state index contributed by atoms with van der Waals surface area (Å²) in [4.78, 5) is 0. The first-order valence-electron chi connectivity index (χ1n) is 6.67. The molecule has 1 rings (SSSR count). The Balaban J connectivity index is 2.33. The molecule has 0 bridgehead atoms. The fraction of sp³-hybridized carbons (Fsp3) is 0.600. The Kier molecular flexibility index (Phi) is 6.91. The van der Waals surface area contributed by atoms with Crippen molar-refractivity contribution in [1.29, 1.82) is 0 Å². The van der Waals surface area contributed by atoms with E-state index in [1.54, 1.807) is 12.1 Å². The molecule has 2 N–H and O–H groups in total. The van der Waals surface area contributed by atoms with Gasteiger partial charge in [0.25, 0.3) is 0 Å². The third-order valence-electron chi connectivity index (χ3n) is 2.99.